The highest BCUT2D eigenvalue weighted by Gasteiger charge is 2.21. The minimum Gasteiger partial charge on any atom is -0.357 e. The average Bonchev–Trinajstić information content (AvgIpc) is 2.87. The summed E-state index contributed by atoms with van der Waals surface area (Å²) in [6, 6.07) is 4.85. The number of nitrogens with zero attached hydrogens (tertiary/aromatic N) is 2. The molecule has 1 aliphatic rings. The molecule has 2 N–H and O–H groups in total. The highest BCUT2D eigenvalue weighted by atomic mass is 32.2. The average molecular weight is 353 g/mol. The molecule has 0 atom stereocenters. The molecule has 0 spiro atoms. The van der Waals surface area contributed by atoms with Crippen molar-refractivity contribution in [3.05, 3.63) is 39.6 Å². The van der Waals surface area contributed by atoms with E-state index in [1.54, 1.807) is 12.1 Å². The van der Waals surface area contributed by atoms with Gasteiger partial charge in [-0.15, -0.1) is 0 Å². The van der Waals surface area contributed by atoms with Crippen LogP contribution in [0.4, 0.5) is 5.69 Å². The Labute approximate surface area is 139 Å². The van der Waals surface area contributed by atoms with Crippen molar-refractivity contribution in [2.24, 2.45) is 0 Å². The molecular formula is C15H19N3O5S. The Balaban J connectivity index is 1.68. The first kappa shape index (κ1) is 16.9. The highest BCUT2D eigenvalue weighted by Crippen LogP contribution is 2.30. The number of nitrogens with one attached hydrogen (secondary N) is 1. The molecule has 130 valence electrons. The Kier molecular flexibility index (Phi) is 4.57. The summed E-state index contributed by atoms with van der Waals surface area (Å²) in [5.74, 6) is -0.206. The smallest absolute Gasteiger partial charge is 0.270 e. The van der Waals surface area contributed by atoms with Gasteiger partial charge in [-0.3, -0.25) is 19.6 Å². The molecule has 2 aromatic rings. The molecule has 3 rings (SSSR count). The van der Waals surface area contributed by atoms with Crippen LogP contribution in [-0.2, 0) is 23.1 Å². The SMILES string of the molecule is O=[N+]([O-])c1ccc2[nH]c3c(c2c1)CCN(CCCCS(=O)(=O)O)C3. The molecule has 2 heterocycles. The minimum absolute atomic E-state index is 0.0944. The van der Waals surface area contributed by atoms with Crippen molar-refractivity contribution in [1.82, 2.24) is 9.88 Å². The van der Waals surface area contributed by atoms with Crippen molar-refractivity contribution in [2.75, 3.05) is 18.8 Å². The Bertz CT molecular complexity index is 875. The summed E-state index contributed by atoms with van der Waals surface area (Å²) in [7, 11) is -3.88. The van der Waals surface area contributed by atoms with Crippen molar-refractivity contribution >= 4 is 26.7 Å². The van der Waals surface area contributed by atoms with Crippen LogP contribution in [0.5, 0.6) is 0 Å². The third-order valence-corrected chi connectivity index (χ3v) is 5.18. The van der Waals surface area contributed by atoms with E-state index in [1.165, 1.54) is 6.07 Å². The fourth-order valence-electron chi connectivity index (χ4n) is 3.21. The Morgan fingerprint density at radius 3 is 2.83 bits per heavy atom. The number of nitro benzene ring substituents is 1. The van der Waals surface area contributed by atoms with Gasteiger partial charge in [-0.05, 0) is 37.4 Å². The fraction of sp³-hybridized carbons (Fsp3) is 0.467. The molecule has 0 fully saturated rings. The molecule has 1 aromatic heterocycles. The van der Waals surface area contributed by atoms with Gasteiger partial charge < -0.3 is 4.98 Å². The molecule has 0 unspecified atom stereocenters. The van der Waals surface area contributed by atoms with Gasteiger partial charge in [0.2, 0.25) is 0 Å². The molecule has 0 saturated carbocycles. The minimum atomic E-state index is -3.88. The summed E-state index contributed by atoms with van der Waals surface area (Å²) in [6.45, 7) is 2.29. The Morgan fingerprint density at radius 1 is 1.33 bits per heavy atom. The van der Waals surface area contributed by atoms with Crippen LogP contribution < -0.4 is 0 Å². The highest BCUT2D eigenvalue weighted by molar-refractivity contribution is 7.85. The van der Waals surface area contributed by atoms with Gasteiger partial charge in [-0.1, -0.05) is 0 Å². The quantitative estimate of drug-likeness (QED) is 0.355. The molecule has 1 aromatic carbocycles. The maximum Gasteiger partial charge on any atom is 0.270 e. The molecule has 0 bridgehead atoms. The summed E-state index contributed by atoms with van der Waals surface area (Å²) in [6.07, 6.45) is 1.93. The van der Waals surface area contributed by atoms with Crippen molar-refractivity contribution in [3.8, 4) is 0 Å². The van der Waals surface area contributed by atoms with Crippen LogP contribution in [0.15, 0.2) is 18.2 Å². The number of non-ortho nitro benzene ring substituents is 1. The molecular weight excluding hydrogens is 334 g/mol. The molecule has 8 nitrogen and oxygen atoms in total. The summed E-state index contributed by atoms with van der Waals surface area (Å²) >= 11 is 0. The number of aromatic amines is 1. The molecule has 0 aliphatic carbocycles. The summed E-state index contributed by atoms with van der Waals surface area (Å²) in [5, 5.41) is 11.8. The maximum atomic E-state index is 10.9. The van der Waals surface area contributed by atoms with Crippen LogP contribution in [0, 0.1) is 10.1 Å². The number of H-pyrrole nitrogens is 1. The van der Waals surface area contributed by atoms with E-state index < -0.39 is 10.1 Å². The molecule has 0 saturated heterocycles. The van der Waals surface area contributed by atoms with Crippen LogP contribution in [0.3, 0.4) is 0 Å². The molecule has 0 amide bonds. The van der Waals surface area contributed by atoms with E-state index >= 15 is 0 Å². The summed E-state index contributed by atoms with van der Waals surface area (Å²) in [5.41, 5.74) is 3.19. The zero-order valence-electron chi connectivity index (χ0n) is 13.1. The van der Waals surface area contributed by atoms with Gasteiger partial charge in [0.25, 0.3) is 15.8 Å². The Hall–Kier alpha value is -1.97. The van der Waals surface area contributed by atoms with E-state index in [1.807, 2.05) is 0 Å². The van der Waals surface area contributed by atoms with Crippen LogP contribution >= 0.6 is 0 Å². The van der Waals surface area contributed by atoms with Gasteiger partial charge in [0.15, 0.2) is 0 Å². The zero-order valence-corrected chi connectivity index (χ0v) is 13.9. The second-order valence-corrected chi connectivity index (χ2v) is 7.66. The van der Waals surface area contributed by atoms with E-state index in [0.717, 1.165) is 41.7 Å². The molecule has 1 aliphatic heterocycles. The lowest BCUT2D eigenvalue weighted by Gasteiger charge is -2.26. The lowest BCUT2D eigenvalue weighted by atomic mass is 10.0. The lowest BCUT2D eigenvalue weighted by Crippen LogP contribution is -2.31. The number of rotatable bonds is 6. The van der Waals surface area contributed by atoms with Crippen LogP contribution in [0.1, 0.15) is 24.1 Å². The predicted octanol–water partition coefficient (Wildman–Crippen LogP) is 2.10. The standard InChI is InChI=1S/C15H19N3O5S/c19-18(20)11-3-4-14-13(9-11)12-5-7-17(10-15(12)16-14)6-1-2-8-24(21,22)23/h3-4,9,16H,1-2,5-8,10H2,(H,21,22,23). The second kappa shape index (κ2) is 6.50. The van der Waals surface area contributed by atoms with Crippen LogP contribution in [0.25, 0.3) is 10.9 Å². The molecule has 24 heavy (non-hydrogen) atoms. The monoisotopic (exact) mass is 353 g/mol. The first-order chi connectivity index (χ1) is 11.3. The van der Waals surface area contributed by atoms with E-state index in [2.05, 4.69) is 9.88 Å². The van der Waals surface area contributed by atoms with Gasteiger partial charge in [-0.25, -0.2) is 0 Å². The van der Waals surface area contributed by atoms with E-state index in [-0.39, 0.29) is 16.4 Å². The van der Waals surface area contributed by atoms with Gasteiger partial charge in [0, 0.05) is 41.8 Å². The fourth-order valence-corrected chi connectivity index (χ4v) is 3.78. The van der Waals surface area contributed by atoms with E-state index in [0.29, 0.717) is 19.4 Å². The number of unbranched alkanes of at least 4 members (excludes halogenated alkanes) is 1. The summed E-state index contributed by atoms with van der Waals surface area (Å²) < 4.78 is 30.2. The van der Waals surface area contributed by atoms with Crippen molar-refractivity contribution < 1.29 is 17.9 Å². The van der Waals surface area contributed by atoms with Crippen LogP contribution in [0.2, 0.25) is 0 Å². The third kappa shape index (κ3) is 3.74. The number of nitro groups is 1. The van der Waals surface area contributed by atoms with Crippen molar-refractivity contribution in [1.29, 1.82) is 0 Å². The number of hydrogen-bond acceptors (Lipinski definition) is 5. The van der Waals surface area contributed by atoms with Gasteiger partial charge in [-0.2, -0.15) is 8.42 Å². The predicted molar refractivity (Wildman–Crippen MR) is 89.6 cm³/mol. The lowest BCUT2D eigenvalue weighted by molar-refractivity contribution is -0.384. The third-order valence-electron chi connectivity index (χ3n) is 4.38. The second-order valence-electron chi connectivity index (χ2n) is 6.09. The van der Waals surface area contributed by atoms with Crippen LogP contribution in [-0.4, -0.2) is 46.6 Å². The maximum absolute atomic E-state index is 10.9. The number of fused-ring (bicyclic) bond motifs is 3. The summed E-state index contributed by atoms with van der Waals surface area (Å²) in [4.78, 5) is 16.1. The van der Waals surface area contributed by atoms with Gasteiger partial charge in [0.1, 0.15) is 0 Å². The number of aromatic nitrogens is 1. The first-order valence-corrected chi connectivity index (χ1v) is 9.40. The Morgan fingerprint density at radius 2 is 2.12 bits per heavy atom. The topological polar surface area (TPSA) is 117 Å². The van der Waals surface area contributed by atoms with Crippen molar-refractivity contribution in [2.45, 2.75) is 25.8 Å². The molecule has 0 radical (unpaired) electrons. The normalized spacial score (nSPS) is 15.5. The molecule has 9 heteroatoms. The number of hydrogen-bond donors (Lipinski definition) is 2. The van der Waals surface area contributed by atoms with E-state index in [4.69, 9.17) is 4.55 Å². The van der Waals surface area contributed by atoms with Crippen molar-refractivity contribution in [3.63, 3.8) is 0 Å². The van der Waals surface area contributed by atoms with Gasteiger partial charge in [0.05, 0.1) is 10.7 Å². The van der Waals surface area contributed by atoms with E-state index in [9.17, 15) is 18.5 Å². The first-order valence-electron chi connectivity index (χ1n) is 7.79. The number of benzene rings is 1. The van der Waals surface area contributed by atoms with Gasteiger partial charge >= 0.3 is 0 Å². The largest absolute Gasteiger partial charge is 0.357 e. The zero-order chi connectivity index (χ0) is 17.3.